The van der Waals surface area contributed by atoms with Crippen molar-refractivity contribution in [3.8, 4) is 5.75 Å². The van der Waals surface area contributed by atoms with Gasteiger partial charge in [0.25, 0.3) is 0 Å². The van der Waals surface area contributed by atoms with Crippen LogP contribution in [-0.4, -0.2) is 13.2 Å². The second kappa shape index (κ2) is 4.60. The second-order valence-electron chi connectivity index (χ2n) is 4.13. The van der Waals surface area contributed by atoms with Crippen LogP contribution in [0.25, 0.3) is 0 Å². The number of nitrogens with one attached hydrogen (secondary N) is 1. The molecule has 0 bridgehead atoms. The number of halogens is 1. The van der Waals surface area contributed by atoms with Gasteiger partial charge in [-0.05, 0) is 25.7 Å². The van der Waals surface area contributed by atoms with Gasteiger partial charge in [0.2, 0.25) is 0 Å². The van der Waals surface area contributed by atoms with E-state index in [2.05, 4.69) is 5.32 Å². The molecule has 1 aliphatic rings. The lowest BCUT2D eigenvalue weighted by molar-refractivity contribution is 0.322. The zero-order chi connectivity index (χ0) is 11.5. The van der Waals surface area contributed by atoms with Crippen LogP contribution in [0.5, 0.6) is 5.75 Å². The number of ether oxygens (including phenoxy) is 1. The number of hydrogen-bond donors (Lipinski definition) is 2. The molecule has 1 aliphatic carbocycles. The molecule has 3 N–H and O–H groups in total. The minimum absolute atomic E-state index is 0.259. The molecule has 88 valence electrons. The predicted molar refractivity (Wildman–Crippen MR) is 63.2 cm³/mol. The zero-order valence-electron chi connectivity index (χ0n) is 9.42. The van der Waals surface area contributed by atoms with Gasteiger partial charge in [0.1, 0.15) is 0 Å². The molecule has 16 heavy (non-hydrogen) atoms. The Kier molecular flexibility index (Phi) is 3.17. The molecule has 0 spiro atoms. The molecule has 0 aromatic heterocycles. The summed E-state index contributed by atoms with van der Waals surface area (Å²) in [6, 6.07) is 2.94. The van der Waals surface area contributed by atoms with Gasteiger partial charge in [-0.15, -0.1) is 0 Å². The Morgan fingerprint density at radius 3 is 2.88 bits per heavy atom. The Morgan fingerprint density at radius 1 is 1.50 bits per heavy atom. The maximum atomic E-state index is 13.4. The molecule has 2 rings (SSSR count). The Bertz CT molecular complexity index is 378. The van der Waals surface area contributed by atoms with Crippen LogP contribution in [-0.2, 0) is 0 Å². The Morgan fingerprint density at radius 2 is 2.25 bits per heavy atom. The van der Waals surface area contributed by atoms with Gasteiger partial charge in [0.05, 0.1) is 18.0 Å². The lowest BCUT2D eigenvalue weighted by Gasteiger charge is -2.12. The summed E-state index contributed by atoms with van der Waals surface area (Å²) >= 11 is 0. The summed E-state index contributed by atoms with van der Waals surface area (Å²) in [5.74, 6) is 0.603. The summed E-state index contributed by atoms with van der Waals surface area (Å²) in [4.78, 5) is 0. The first-order valence-electron chi connectivity index (χ1n) is 5.66. The number of anilines is 2. The fourth-order valence-corrected chi connectivity index (χ4v) is 1.56. The zero-order valence-corrected chi connectivity index (χ0v) is 9.42. The molecule has 0 radical (unpaired) electrons. The first kappa shape index (κ1) is 11.0. The number of nitrogens with two attached hydrogens (primary N) is 1. The first-order valence-corrected chi connectivity index (χ1v) is 5.66. The van der Waals surface area contributed by atoms with Crippen LogP contribution in [0.4, 0.5) is 15.8 Å². The highest BCUT2D eigenvalue weighted by Crippen LogP contribution is 2.32. The molecule has 1 saturated carbocycles. The quantitative estimate of drug-likeness (QED) is 0.756. The largest absolute Gasteiger partial charge is 0.491 e. The molecule has 1 aromatic carbocycles. The van der Waals surface area contributed by atoms with E-state index in [1.165, 1.54) is 18.9 Å². The van der Waals surface area contributed by atoms with Crippen LogP contribution in [0, 0.1) is 11.7 Å². The van der Waals surface area contributed by atoms with Gasteiger partial charge in [-0.25, -0.2) is 4.39 Å². The number of rotatable bonds is 5. The van der Waals surface area contributed by atoms with Gasteiger partial charge < -0.3 is 15.8 Å². The summed E-state index contributed by atoms with van der Waals surface area (Å²) in [6.45, 7) is 3.18. The van der Waals surface area contributed by atoms with Crippen molar-refractivity contribution in [3.63, 3.8) is 0 Å². The topological polar surface area (TPSA) is 47.3 Å². The summed E-state index contributed by atoms with van der Waals surface area (Å²) in [6.07, 6.45) is 2.54. The molecular formula is C12H17FN2O. The highest BCUT2D eigenvalue weighted by atomic mass is 19.1. The van der Waals surface area contributed by atoms with Gasteiger partial charge in [0, 0.05) is 18.7 Å². The average Bonchev–Trinajstić information content (AvgIpc) is 3.04. The molecule has 4 heteroatoms. The Labute approximate surface area is 94.8 Å². The fraction of sp³-hybridized carbons (Fsp3) is 0.500. The molecule has 1 aromatic rings. The van der Waals surface area contributed by atoms with Crippen molar-refractivity contribution in [3.05, 3.63) is 17.9 Å². The van der Waals surface area contributed by atoms with E-state index in [4.69, 9.17) is 10.5 Å². The normalized spacial score (nSPS) is 14.9. The molecule has 0 amide bonds. The molecule has 3 nitrogen and oxygen atoms in total. The van der Waals surface area contributed by atoms with Crippen molar-refractivity contribution >= 4 is 11.4 Å². The average molecular weight is 224 g/mol. The van der Waals surface area contributed by atoms with Crippen molar-refractivity contribution in [2.45, 2.75) is 19.8 Å². The van der Waals surface area contributed by atoms with Crippen LogP contribution < -0.4 is 15.8 Å². The summed E-state index contributed by atoms with van der Waals surface area (Å²) in [7, 11) is 0. The third-order valence-electron chi connectivity index (χ3n) is 2.68. The maximum absolute atomic E-state index is 13.4. The summed E-state index contributed by atoms with van der Waals surface area (Å²) in [5, 5.41) is 3.23. The van der Waals surface area contributed by atoms with Crippen molar-refractivity contribution < 1.29 is 9.13 Å². The number of benzene rings is 1. The second-order valence-corrected chi connectivity index (χ2v) is 4.13. The van der Waals surface area contributed by atoms with Gasteiger partial charge in [-0.2, -0.15) is 0 Å². The van der Waals surface area contributed by atoms with E-state index >= 15 is 0 Å². The SMILES string of the molecule is CCOc1cc(NCC2CC2)c(N)cc1F. The van der Waals surface area contributed by atoms with E-state index in [9.17, 15) is 4.39 Å². The maximum Gasteiger partial charge on any atom is 0.167 e. The van der Waals surface area contributed by atoms with Crippen LogP contribution in [0.1, 0.15) is 19.8 Å². The van der Waals surface area contributed by atoms with Crippen molar-refractivity contribution in [2.24, 2.45) is 5.92 Å². The third kappa shape index (κ3) is 2.56. The number of hydrogen-bond acceptors (Lipinski definition) is 3. The highest BCUT2D eigenvalue weighted by molar-refractivity contribution is 5.68. The van der Waals surface area contributed by atoms with E-state index in [1.807, 2.05) is 6.92 Å². The van der Waals surface area contributed by atoms with Gasteiger partial charge in [0.15, 0.2) is 11.6 Å². The smallest absolute Gasteiger partial charge is 0.167 e. The summed E-state index contributed by atoms with van der Waals surface area (Å²) < 4.78 is 18.6. The Balaban J connectivity index is 2.11. The minimum Gasteiger partial charge on any atom is -0.491 e. The molecular weight excluding hydrogens is 207 g/mol. The van der Waals surface area contributed by atoms with E-state index in [-0.39, 0.29) is 5.75 Å². The third-order valence-corrected chi connectivity index (χ3v) is 2.68. The van der Waals surface area contributed by atoms with Crippen LogP contribution in [0.3, 0.4) is 0 Å². The molecule has 0 heterocycles. The molecule has 1 fully saturated rings. The first-order chi connectivity index (χ1) is 7.70. The van der Waals surface area contributed by atoms with E-state index in [0.29, 0.717) is 12.3 Å². The Hall–Kier alpha value is -1.45. The molecule has 0 aliphatic heterocycles. The highest BCUT2D eigenvalue weighted by Gasteiger charge is 2.21. The van der Waals surface area contributed by atoms with Crippen molar-refractivity contribution in [1.29, 1.82) is 0 Å². The van der Waals surface area contributed by atoms with Gasteiger partial charge in [-0.1, -0.05) is 0 Å². The van der Waals surface area contributed by atoms with E-state index < -0.39 is 5.82 Å². The lowest BCUT2D eigenvalue weighted by Crippen LogP contribution is -2.07. The van der Waals surface area contributed by atoms with E-state index in [1.54, 1.807) is 6.07 Å². The molecule has 0 saturated heterocycles. The lowest BCUT2D eigenvalue weighted by atomic mass is 10.2. The van der Waals surface area contributed by atoms with Crippen LogP contribution in [0.2, 0.25) is 0 Å². The van der Waals surface area contributed by atoms with Crippen molar-refractivity contribution in [1.82, 2.24) is 0 Å². The summed E-state index contributed by atoms with van der Waals surface area (Å²) in [5.41, 5.74) is 6.93. The predicted octanol–water partition coefficient (Wildman–Crippen LogP) is 2.63. The molecule has 0 unspecified atom stereocenters. The van der Waals surface area contributed by atoms with Gasteiger partial charge in [-0.3, -0.25) is 0 Å². The van der Waals surface area contributed by atoms with Crippen molar-refractivity contribution in [2.75, 3.05) is 24.2 Å². The standard InChI is InChI=1S/C12H17FN2O/c1-2-16-12-6-11(10(14)5-9(12)13)15-7-8-3-4-8/h5-6,8,15H,2-4,7,14H2,1H3. The molecule has 0 atom stereocenters. The minimum atomic E-state index is -0.406. The fourth-order valence-electron chi connectivity index (χ4n) is 1.56. The monoisotopic (exact) mass is 224 g/mol. The van der Waals surface area contributed by atoms with Crippen LogP contribution >= 0.6 is 0 Å². The number of nitrogen functional groups attached to an aromatic ring is 1. The van der Waals surface area contributed by atoms with Crippen LogP contribution in [0.15, 0.2) is 12.1 Å². The van der Waals surface area contributed by atoms with Gasteiger partial charge >= 0.3 is 0 Å². The van der Waals surface area contributed by atoms with E-state index in [0.717, 1.165) is 18.2 Å².